The quantitative estimate of drug-likeness (QED) is 0.271. The van der Waals surface area contributed by atoms with Gasteiger partial charge in [-0.15, -0.1) is 0 Å². The minimum atomic E-state index is -2.58. The minimum absolute atomic E-state index is 0.0980. The van der Waals surface area contributed by atoms with Gasteiger partial charge in [-0.05, 0) is 59.8 Å². The summed E-state index contributed by atoms with van der Waals surface area (Å²) in [4.78, 5) is 22.9. The SMILES string of the molecule is CC(C)[Si]1(C)O[Si](CCCC=O)(CC(C)(C)C)O[Si](C)([Si](C)(O)C(C)C)C1C. The Morgan fingerprint density at radius 1 is 1.14 bits per heavy atom. The molecule has 0 saturated carbocycles. The average molecular weight is 463 g/mol. The predicted octanol–water partition coefficient (Wildman–Crippen LogP) is 6.05. The predicted molar refractivity (Wildman–Crippen MR) is 129 cm³/mol. The fourth-order valence-corrected chi connectivity index (χ4v) is 43.0. The third-order valence-electron chi connectivity index (χ3n) is 7.44. The minimum Gasteiger partial charge on any atom is -0.436 e. The van der Waals surface area contributed by atoms with E-state index in [4.69, 9.17) is 8.23 Å². The van der Waals surface area contributed by atoms with Crippen LogP contribution >= 0.6 is 0 Å². The molecule has 1 aliphatic heterocycles. The Bertz CT molecular complexity index is 549. The van der Waals surface area contributed by atoms with Gasteiger partial charge in [0.2, 0.25) is 7.83 Å². The van der Waals surface area contributed by atoms with Crippen LogP contribution in [0.1, 0.15) is 68.2 Å². The second kappa shape index (κ2) is 8.88. The average Bonchev–Trinajstić information content (AvgIpc) is 2.50. The van der Waals surface area contributed by atoms with E-state index >= 15 is 0 Å². The normalized spacial score (nSPS) is 36.6. The lowest BCUT2D eigenvalue weighted by molar-refractivity contribution is -0.107. The largest absolute Gasteiger partial charge is 0.436 e. The van der Waals surface area contributed by atoms with Crippen LogP contribution in [-0.2, 0) is 13.0 Å². The van der Waals surface area contributed by atoms with Crippen LogP contribution in [0.5, 0.6) is 0 Å². The van der Waals surface area contributed by atoms with E-state index in [1.54, 1.807) is 0 Å². The second-order valence-corrected chi connectivity index (χ2v) is 33.2. The summed E-state index contributed by atoms with van der Waals surface area (Å²) in [6.45, 7) is 24.9. The zero-order chi connectivity index (χ0) is 22.2. The first kappa shape index (κ1) is 26.5. The highest BCUT2D eigenvalue weighted by Gasteiger charge is 2.69. The molecule has 5 atom stereocenters. The molecule has 166 valence electrons. The van der Waals surface area contributed by atoms with Crippen LogP contribution in [0.25, 0.3) is 0 Å². The third kappa shape index (κ3) is 5.18. The van der Waals surface area contributed by atoms with Gasteiger partial charge < -0.3 is 17.8 Å². The molecule has 1 aliphatic rings. The molecule has 0 aromatic rings. The molecule has 4 nitrogen and oxygen atoms in total. The Labute approximate surface area is 178 Å². The van der Waals surface area contributed by atoms with Crippen molar-refractivity contribution < 1.29 is 17.8 Å². The molecule has 1 rings (SSSR count). The van der Waals surface area contributed by atoms with E-state index in [2.05, 4.69) is 75.0 Å². The molecule has 1 saturated heterocycles. The molecule has 5 unspecified atom stereocenters. The van der Waals surface area contributed by atoms with Gasteiger partial charge >= 0.3 is 8.56 Å². The lowest BCUT2D eigenvalue weighted by atomic mass is 10.0. The molecule has 0 aliphatic carbocycles. The number of carbonyl (C=O) groups is 1. The maximum absolute atomic E-state index is 11.9. The van der Waals surface area contributed by atoms with Gasteiger partial charge in [-0.2, -0.15) is 0 Å². The van der Waals surface area contributed by atoms with Crippen molar-refractivity contribution in [1.29, 1.82) is 0 Å². The molecular weight excluding hydrogens is 417 g/mol. The number of carbonyl (C=O) groups excluding carboxylic acids is 1. The van der Waals surface area contributed by atoms with Gasteiger partial charge in [0.1, 0.15) is 6.29 Å². The van der Waals surface area contributed by atoms with Gasteiger partial charge in [-0.25, -0.2) is 0 Å². The molecule has 0 radical (unpaired) electrons. The molecule has 0 aromatic carbocycles. The van der Waals surface area contributed by atoms with Gasteiger partial charge in [0.15, 0.2) is 16.2 Å². The highest BCUT2D eigenvalue weighted by atomic mass is 29.3. The van der Waals surface area contributed by atoms with E-state index in [9.17, 15) is 9.59 Å². The molecule has 1 fully saturated rings. The van der Waals surface area contributed by atoms with Crippen molar-refractivity contribution in [3.8, 4) is 0 Å². The van der Waals surface area contributed by atoms with Crippen LogP contribution in [0.3, 0.4) is 0 Å². The number of rotatable bonds is 8. The summed E-state index contributed by atoms with van der Waals surface area (Å²) in [6.07, 6.45) is 2.41. The van der Waals surface area contributed by atoms with E-state index in [-0.39, 0.29) is 11.0 Å². The summed E-state index contributed by atoms with van der Waals surface area (Å²) in [5.41, 5.74) is 0.848. The fraction of sp³-hybridized carbons (Fsp3) is 0.950. The monoisotopic (exact) mass is 462 g/mol. The number of unbranched alkanes of at least 4 members (excludes halogenated alkanes) is 1. The molecule has 0 aromatic heterocycles. The zero-order valence-electron chi connectivity index (χ0n) is 20.3. The van der Waals surface area contributed by atoms with Crippen LogP contribution in [0.2, 0.25) is 48.0 Å². The van der Waals surface area contributed by atoms with Gasteiger partial charge in [-0.3, -0.25) is 0 Å². The van der Waals surface area contributed by atoms with Crippen molar-refractivity contribution in [3.63, 3.8) is 0 Å². The van der Waals surface area contributed by atoms with E-state index in [0.29, 0.717) is 17.1 Å². The molecule has 0 amide bonds. The Balaban J connectivity index is 3.60. The van der Waals surface area contributed by atoms with E-state index in [1.165, 1.54) is 0 Å². The Morgan fingerprint density at radius 3 is 2.07 bits per heavy atom. The second-order valence-electron chi connectivity index (χ2n) is 11.4. The summed E-state index contributed by atoms with van der Waals surface area (Å²) >= 11 is 0. The Hall–Kier alpha value is 0.418. The summed E-state index contributed by atoms with van der Waals surface area (Å²) in [5, 5.41) is 0.357. The molecular formula is C20H46O4Si4. The summed E-state index contributed by atoms with van der Waals surface area (Å²) < 4.78 is 14.5. The fourth-order valence-electron chi connectivity index (χ4n) is 4.79. The molecule has 0 spiro atoms. The zero-order valence-corrected chi connectivity index (χ0v) is 24.3. The van der Waals surface area contributed by atoms with Gasteiger partial charge in [0, 0.05) is 6.42 Å². The first-order valence-corrected chi connectivity index (χ1v) is 21.8. The first-order chi connectivity index (χ1) is 12.5. The molecule has 1 heterocycles. The summed E-state index contributed by atoms with van der Waals surface area (Å²) in [7, 11) is -9.66. The first-order valence-electron chi connectivity index (χ1n) is 11.0. The smallest absolute Gasteiger partial charge is 0.318 e. The number of aldehydes is 1. The van der Waals surface area contributed by atoms with E-state index < -0.39 is 32.5 Å². The molecule has 0 bridgehead atoms. The topological polar surface area (TPSA) is 55.8 Å². The number of hydrogen-bond acceptors (Lipinski definition) is 4. The van der Waals surface area contributed by atoms with Crippen molar-refractivity contribution in [2.45, 2.75) is 116 Å². The lowest BCUT2D eigenvalue weighted by Crippen LogP contribution is -2.79. The van der Waals surface area contributed by atoms with E-state index in [0.717, 1.165) is 24.8 Å². The van der Waals surface area contributed by atoms with Crippen LogP contribution < -0.4 is 0 Å². The molecule has 1 N–H and O–H groups in total. The van der Waals surface area contributed by atoms with Crippen molar-refractivity contribution in [1.82, 2.24) is 0 Å². The van der Waals surface area contributed by atoms with Crippen LogP contribution in [-0.4, -0.2) is 43.6 Å². The molecule has 8 heteroatoms. The lowest BCUT2D eigenvalue weighted by Gasteiger charge is -2.61. The van der Waals surface area contributed by atoms with Crippen molar-refractivity contribution in [3.05, 3.63) is 0 Å². The maximum Gasteiger partial charge on any atom is 0.318 e. The summed E-state index contributed by atoms with van der Waals surface area (Å²) in [6, 6.07) is 1.81. The highest BCUT2D eigenvalue weighted by molar-refractivity contribution is 7.41. The van der Waals surface area contributed by atoms with Crippen molar-refractivity contribution >= 4 is 38.8 Å². The standard InChI is InChI=1S/C20H46O4Si4/c1-17(2)25(9)19(5)27(11,26(10,22)18(3)4)24-28(23-25,15-13-12-14-21)16-20(6,7)8/h14,17-19,22H,12-13,15-16H2,1-11H3. The van der Waals surface area contributed by atoms with Crippen molar-refractivity contribution in [2.75, 3.05) is 0 Å². The van der Waals surface area contributed by atoms with Crippen molar-refractivity contribution in [2.24, 2.45) is 5.41 Å². The van der Waals surface area contributed by atoms with Crippen LogP contribution in [0, 0.1) is 5.41 Å². The van der Waals surface area contributed by atoms with E-state index in [1.807, 2.05) is 0 Å². The summed E-state index contributed by atoms with van der Waals surface area (Å²) in [5.74, 6) is 0. The van der Waals surface area contributed by atoms with Gasteiger partial charge in [0.05, 0.1) is 0 Å². The van der Waals surface area contributed by atoms with Gasteiger partial charge in [0.25, 0.3) is 0 Å². The van der Waals surface area contributed by atoms with Crippen LogP contribution in [0.4, 0.5) is 0 Å². The van der Waals surface area contributed by atoms with Gasteiger partial charge in [-0.1, -0.05) is 55.4 Å². The third-order valence-corrected chi connectivity index (χ3v) is 40.7. The Morgan fingerprint density at radius 2 is 1.68 bits per heavy atom. The highest BCUT2D eigenvalue weighted by Crippen LogP contribution is 2.54. The van der Waals surface area contributed by atoms with Crippen LogP contribution in [0.15, 0.2) is 0 Å². The Kier molecular flexibility index (Phi) is 8.39. The number of hydrogen-bond donors (Lipinski definition) is 1. The molecule has 28 heavy (non-hydrogen) atoms. The maximum atomic E-state index is 11.9.